The molecular weight excluding hydrogens is 560 g/mol. The largest absolute Gasteiger partial charge is 0.484 e. The number of aliphatic hydroxyl groups excluding tert-OH is 6. The van der Waals surface area contributed by atoms with Gasteiger partial charge < -0.3 is 59.1 Å². The molecule has 2 aromatic rings. The summed E-state index contributed by atoms with van der Waals surface area (Å²) < 4.78 is 33.3. The van der Waals surface area contributed by atoms with Gasteiger partial charge in [0, 0.05) is 13.0 Å². The molecule has 0 aliphatic carbocycles. The summed E-state index contributed by atoms with van der Waals surface area (Å²) in [6.07, 6.45) is -10.5. The van der Waals surface area contributed by atoms with E-state index in [1.165, 1.54) is 18.2 Å². The second kappa shape index (κ2) is 12.1. The Bertz CT molecular complexity index is 1280. The van der Waals surface area contributed by atoms with E-state index in [1.54, 1.807) is 24.3 Å². The Morgan fingerprint density at radius 2 is 1.64 bits per heavy atom. The highest BCUT2D eigenvalue weighted by molar-refractivity contribution is 6.00. The molecule has 0 amide bonds. The monoisotopic (exact) mass is 592 g/mol. The smallest absolute Gasteiger partial charge is 0.303 e. The zero-order chi connectivity index (χ0) is 30.2. The number of hydrogen-bond donors (Lipinski definition) is 6. The first-order valence-corrected chi connectivity index (χ1v) is 13.2. The molecule has 2 saturated heterocycles. The summed E-state index contributed by atoms with van der Waals surface area (Å²) in [6.45, 7) is -0.402. The lowest BCUT2D eigenvalue weighted by molar-refractivity contribution is -0.277. The van der Waals surface area contributed by atoms with Crippen LogP contribution >= 0.6 is 0 Å². The number of benzene rings is 2. The number of aliphatic hydroxyl groups is 6. The van der Waals surface area contributed by atoms with Crippen molar-refractivity contribution >= 4 is 11.8 Å². The molecule has 0 bridgehead atoms. The Morgan fingerprint density at radius 3 is 2.31 bits per heavy atom. The summed E-state index contributed by atoms with van der Waals surface area (Å²) >= 11 is 0. The summed E-state index contributed by atoms with van der Waals surface area (Å²) in [5, 5.41) is 59.8. The maximum Gasteiger partial charge on any atom is 0.303 e. The van der Waals surface area contributed by atoms with Crippen LogP contribution in [0.4, 0.5) is 0 Å². The number of carbonyl (C=O) groups excluding carboxylic acids is 2. The Kier molecular flexibility index (Phi) is 8.68. The maximum absolute atomic E-state index is 12.9. The fraction of sp³-hybridized carbons (Fsp3) is 0.500. The van der Waals surface area contributed by atoms with Crippen LogP contribution in [0, 0.1) is 0 Å². The predicted molar refractivity (Wildman–Crippen MR) is 138 cm³/mol. The standard InChI is InChI=1S/C28H32O14/c1-13(31)42-28(11-30)12-37-27(25(28)36)39-16-6-7-17-18(32)9-19(40-20(17)8-16)14-2-4-15(5-3-14)38-26-24(35)23(34)22(33)21(10-29)41-26/h2-8,19,21-27,29-30,33-36H,9-12H2,1H3/t19?,21-,22-,23+,24-,25+,26-,27+,28?/m1/s1. The van der Waals surface area contributed by atoms with Gasteiger partial charge in [-0.2, -0.15) is 0 Å². The van der Waals surface area contributed by atoms with E-state index in [-0.39, 0.29) is 36.1 Å². The first-order valence-electron chi connectivity index (χ1n) is 13.2. The van der Waals surface area contributed by atoms with Crippen LogP contribution in [0.5, 0.6) is 17.2 Å². The molecule has 0 spiro atoms. The number of esters is 1. The quantitative estimate of drug-likeness (QED) is 0.202. The van der Waals surface area contributed by atoms with Gasteiger partial charge in [0.05, 0.1) is 31.8 Å². The summed E-state index contributed by atoms with van der Waals surface area (Å²) in [5.74, 6) is -0.195. The lowest BCUT2D eigenvalue weighted by Crippen LogP contribution is -2.60. The average molecular weight is 593 g/mol. The molecule has 2 aromatic carbocycles. The SMILES string of the molecule is CC(=O)OC1(CO)CO[C@@H](Oc2ccc3c(c2)OC(c2ccc(O[C@@H]4O[C@H](CO)[C@@H](O)[C@H](O)[C@H]4O)cc2)CC3=O)[C@@H]1O. The van der Waals surface area contributed by atoms with Gasteiger partial charge in [0.2, 0.25) is 12.6 Å². The molecule has 0 aromatic heterocycles. The number of Topliss-reactive ketones (excluding diaryl/α,β-unsaturated/α-hetero) is 1. The molecule has 14 heteroatoms. The van der Waals surface area contributed by atoms with E-state index >= 15 is 0 Å². The van der Waals surface area contributed by atoms with Crippen molar-refractivity contribution in [1.82, 2.24) is 0 Å². The number of fused-ring (bicyclic) bond motifs is 1. The van der Waals surface area contributed by atoms with Crippen molar-refractivity contribution in [3.8, 4) is 17.2 Å². The Balaban J connectivity index is 1.25. The molecule has 2 fully saturated rings. The highest BCUT2D eigenvalue weighted by Gasteiger charge is 2.53. The van der Waals surface area contributed by atoms with E-state index in [0.717, 1.165) is 6.92 Å². The summed E-state index contributed by atoms with van der Waals surface area (Å²) in [6, 6.07) is 10.9. The van der Waals surface area contributed by atoms with Crippen LogP contribution < -0.4 is 14.2 Å². The molecule has 0 radical (unpaired) electrons. The van der Waals surface area contributed by atoms with Crippen molar-refractivity contribution in [3.05, 3.63) is 53.6 Å². The highest BCUT2D eigenvalue weighted by Crippen LogP contribution is 2.39. The fourth-order valence-electron chi connectivity index (χ4n) is 5.05. The number of ketones is 1. The van der Waals surface area contributed by atoms with Gasteiger partial charge in [0.15, 0.2) is 17.5 Å². The van der Waals surface area contributed by atoms with Crippen molar-refractivity contribution in [2.45, 2.75) is 68.1 Å². The number of carbonyl (C=O) groups is 2. The zero-order valence-corrected chi connectivity index (χ0v) is 22.4. The van der Waals surface area contributed by atoms with Gasteiger partial charge in [-0.25, -0.2) is 0 Å². The van der Waals surface area contributed by atoms with E-state index in [4.69, 9.17) is 28.4 Å². The summed E-state index contributed by atoms with van der Waals surface area (Å²) in [4.78, 5) is 24.3. The lowest BCUT2D eigenvalue weighted by Gasteiger charge is -2.39. The number of rotatable bonds is 8. The molecule has 228 valence electrons. The molecule has 0 saturated carbocycles. The first kappa shape index (κ1) is 30.1. The molecule has 2 unspecified atom stereocenters. The normalized spacial score (nSPS) is 34.3. The summed E-state index contributed by atoms with van der Waals surface area (Å²) in [7, 11) is 0. The Labute approximate surface area is 239 Å². The van der Waals surface area contributed by atoms with Crippen molar-refractivity contribution < 1.29 is 68.6 Å². The van der Waals surface area contributed by atoms with Crippen LogP contribution in [0.15, 0.2) is 42.5 Å². The summed E-state index contributed by atoms with van der Waals surface area (Å²) in [5.41, 5.74) is -0.704. The lowest BCUT2D eigenvalue weighted by atomic mass is 9.96. The van der Waals surface area contributed by atoms with Crippen molar-refractivity contribution in [2.24, 2.45) is 0 Å². The van der Waals surface area contributed by atoms with Crippen LogP contribution in [0.2, 0.25) is 0 Å². The maximum atomic E-state index is 12.9. The topological polar surface area (TPSA) is 211 Å². The van der Waals surface area contributed by atoms with E-state index in [9.17, 15) is 40.2 Å². The van der Waals surface area contributed by atoms with Crippen LogP contribution in [0.3, 0.4) is 0 Å². The fourth-order valence-corrected chi connectivity index (χ4v) is 5.05. The van der Waals surface area contributed by atoms with Gasteiger partial charge in [0.25, 0.3) is 0 Å². The second-order valence-corrected chi connectivity index (χ2v) is 10.3. The molecule has 3 aliphatic rings. The van der Waals surface area contributed by atoms with Gasteiger partial charge in [-0.1, -0.05) is 12.1 Å². The van der Waals surface area contributed by atoms with E-state index < -0.39 is 74.0 Å². The molecule has 9 atom stereocenters. The van der Waals surface area contributed by atoms with Gasteiger partial charge in [-0.3, -0.25) is 9.59 Å². The van der Waals surface area contributed by atoms with Crippen molar-refractivity contribution in [2.75, 3.05) is 19.8 Å². The van der Waals surface area contributed by atoms with Crippen LogP contribution in [0.25, 0.3) is 0 Å². The van der Waals surface area contributed by atoms with Gasteiger partial charge in [0.1, 0.15) is 47.8 Å². The molecular formula is C28H32O14. The molecule has 42 heavy (non-hydrogen) atoms. The van der Waals surface area contributed by atoms with Gasteiger partial charge in [-0.05, 0) is 29.8 Å². The Hall–Kier alpha value is -3.34. The molecule has 5 rings (SSSR count). The van der Waals surface area contributed by atoms with E-state index in [1.807, 2.05) is 0 Å². The molecule has 6 N–H and O–H groups in total. The molecule has 3 heterocycles. The van der Waals surface area contributed by atoms with E-state index in [0.29, 0.717) is 11.1 Å². The number of ether oxygens (including phenoxy) is 6. The Morgan fingerprint density at radius 1 is 0.952 bits per heavy atom. The minimum Gasteiger partial charge on any atom is -0.484 e. The third kappa shape index (κ3) is 5.80. The average Bonchev–Trinajstić information content (AvgIpc) is 3.27. The highest BCUT2D eigenvalue weighted by atomic mass is 16.7. The minimum absolute atomic E-state index is 0.0476. The third-order valence-electron chi connectivity index (χ3n) is 7.40. The predicted octanol–water partition coefficient (Wildman–Crippen LogP) is -1.04. The third-order valence-corrected chi connectivity index (χ3v) is 7.40. The minimum atomic E-state index is -1.67. The van der Waals surface area contributed by atoms with Crippen LogP contribution in [-0.2, 0) is 19.0 Å². The van der Waals surface area contributed by atoms with E-state index in [2.05, 4.69) is 0 Å². The zero-order valence-electron chi connectivity index (χ0n) is 22.4. The van der Waals surface area contributed by atoms with Crippen LogP contribution in [-0.4, -0.2) is 111 Å². The molecule has 3 aliphatic heterocycles. The first-order chi connectivity index (χ1) is 20.0. The second-order valence-electron chi connectivity index (χ2n) is 10.3. The van der Waals surface area contributed by atoms with Crippen LogP contribution in [0.1, 0.15) is 35.4 Å². The molecule has 14 nitrogen and oxygen atoms in total. The number of hydrogen-bond acceptors (Lipinski definition) is 14. The van der Waals surface area contributed by atoms with Gasteiger partial charge in [-0.15, -0.1) is 0 Å². The van der Waals surface area contributed by atoms with Crippen molar-refractivity contribution in [3.63, 3.8) is 0 Å². The van der Waals surface area contributed by atoms with Gasteiger partial charge >= 0.3 is 5.97 Å². The van der Waals surface area contributed by atoms with Crippen molar-refractivity contribution in [1.29, 1.82) is 0 Å².